The molecule has 3 nitrogen and oxygen atoms in total. The van der Waals surface area contributed by atoms with Gasteiger partial charge in [-0.1, -0.05) is 33.6 Å². The quantitative estimate of drug-likeness (QED) is 0.767. The van der Waals surface area contributed by atoms with Gasteiger partial charge in [0.2, 0.25) is 0 Å². The van der Waals surface area contributed by atoms with Gasteiger partial charge in [-0.05, 0) is 43.4 Å². The number of likely N-dealkylation sites (tertiary alicyclic amines) is 2. The molecule has 2 amide bonds. The molecule has 0 radical (unpaired) electrons. The zero-order valence-electron chi connectivity index (χ0n) is 13.6. The first-order valence-electron chi connectivity index (χ1n) is 8.69. The highest BCUT2D eigenvalue weighted by Crippen LogP contribution is 2.28. The smallest absolute Gasteiger partial charge is 0.319 e. The maximum Gasteiger partial charge on any atom is 0.319 e. The second-order valence-electron chi connectivity index (χ2n) is 6.83. The molecule has 2 fully saturated rings. The van der Waals surface area contributed by atoms with Crippen molar-refractivity contribution in [2.75, 3.05) is 26.2 Å². The number of piperidine rings is 2. The minimum Gasteiger partial charge on any atom is -0.325 e. The fourth-order valence-electron chi connectivity index (χ4n) is 3.73. The molecule has 0 aromatic heterocycles. The summed E-state index contributed by atoms with van der Waals surface area (Å²) >= 11 is 0. The molecular weight excluding hydrogens is 248 g/mol. The highest BCUT2D eigenvalue weighted by molar-refractivity contribution is 5.74. The maximum absolute atomic E-state index is 12.5. The van der Waals surface area contributed by atoms with Crippen LogP contribution in [0.1, 0.15) is 59.3 Å². The Bertz CT molecular complexity index is 302. The molecule has 0 bridgehead atoms. The largest absolute Gasteiger partial charge is 0.325 e. The lowest BCUT2D eigenvalue weighted by molar-refractivity contribution is 0.107. The fourth-order valence-corrected chi connectivity index (χ4v) is 3.73. The second kappa shape index (κ2) is 7.33. The van der Waals surface area contributed by atoms with E-state index in [-0.39, 0.29) is 0 Å². The molecular formula is C17H32N2O. The van der Waals surface area contributed by atoms with Gasteiger partial charge in [0.1, 0.15) is 0 Å². The minimum absolute atomic E-state index is 0.308. The highest BCUT2D eigenvalue weighted by Gasteiger charge is 2.29. The van der Waals surface area contributed by atoms with E-state index in [0.29, 0.717) is 6.03 Å². The standard InChI is InChI=1S/C17H32N2O/c1-4-14(3)16-8-12-19(13-9-16)17(20)18-10-6-15(5-2)7-11-18/h14-16H,4-13H2,1-3H3. The van der Waals surface area contributed by atoms with Gasteiger partial charge >= 0.3 is 6.03 Å². The van der Waals surface area contributed by atoms with E-state index in [9.17, 15) is 4.79 Å². The molecule has 0 saturated carbocycles. The summed E-state index contributed by atoms with van der Waals surface area (Å²) in [4.78, 5) is 16.7. The Morgan fingerprint density at radius 3 is 1.95 bits per heavy atom. The summed E-state index contributed by atoms with van der Waals surface area (Å²) in [5.74, 6) is 2.48. The molecule has 116 valence electrons. The molecule has 2 heterocycles. The summed E-state index contributed by atoms with van der Waals surface area (Å²) in [5.41, 5.74) is 0. The lowest BCUT2D eigenvalue weighted by atomic mass is 9.84. The fraction of sp³-hybridized carbons (Fsp3) is 0.941. The summed E-state index contributed by atoms with van der Waals surface area (Å²) in [7, 11) is 0. The van der Waals surface area contributed by atoms with Crippen molar-refractivity contribution >= 4 is 6.03 Å². The predicted octanol–water partition coefficient (Wildman–Crippen LogP) is 3.99. The van der Waals surface area contributed by atoms with Gasteiger partial charge in [0.05, 0.1) is 0 Å². The van der Waals surface area contributed by atoms with Crippen LogP contribution in [0.3, 0.4) is 0 Å². The first-order valence-corrected chi connectivity index (χ1v) is 8.69. The van der Waals surface area contributed by atoms with Crippen molar-refractivity contribution in [1.82, 2.24) is 9.80 Å². The number of nitrogens with zero attached hydrogens (tertiary/aromatic N) is 2. The van der Waals surface area contributed by atoms with Crippen LogP contribution in [0.2, 0.25) is 0 Å². The average molecular weight is 280 g/mol. The molecule has 1 atom stereocenters. The molecule has 2 aliphatic rings. The van der Waals surface area contributed by atoms with Crippen LogP contribution in [-0.2, 0) is 0 Å². The van der Waals surface area contributed by atoms with Gasteiger partial charge in [-0.2, -0.15) is 0 Å². The first kappa shape index (κ1) is 15.7. The molecule has 20 heavy (non-hydrogen) atoms. The Labute approximate surface area is 124 Å². The predicted molar refractivity (Wildman–Crippen MR) is 83.7 cm³/mol. The van der Waals surface area contributed by atoms with E-state index in [0.717, 1.165) is 43.9 Å². The van der Waals surface area contributed by atoms with Gasteiger partial charge < -0.3 is 9.80 Å². The molecule has 1 unspecified atom stereocenters. The highest BCUT2D eigenvalue weighted by atomic mass is 16.2. The SMILES string of the molecule is CCC1CCN(C(=O)N2CCC(C(C)CC)CC2)CC1. The van der Waals surface area contributed by atoms with Gasteiger partial charge in [-0.25, -0.2) is 4.79 Å². The Hall–Kier alpha value is -0.730. The van der Waals surface area contributed by atoms with Crippen molar-refractivity contribution in [3.8, 4) is 0 Å². The second-order valence-corrected chi connectivity index (χ2v) is 6.83. The van der Waals surface area contributed by atoms with Crippen molar-refractivity contribution in [2.45, 2.75) is 59.3 Å². The number of hydrogen-bond acceptors (Lipinski definition) is 1. The van der Waals surface area contributed by atoms with Crippen molar-refractivity contribution in [3.63, 3.8) is 0 Å². The third kappa shape index (κ3) is 3.67. The van der Waals surface area contributed by atoms with Gasteiger partial charge in [0.15, 0.2) is 0 Å². The topological polar surface area (TPSA) is 23.6 Å². The Morgan fingerprint density at radius 2 is 1.50 bits per heavy atom. The normalized spacial score (nSPS) is 23.9. The number of carbonyl (C=O) groups excluding carboxylic acids is 1. The van der Waals surface area contributed by atoms with Crippen LogP contribution >= 0.6 is 0 Å². The molecule has 0 aliphatic carbocycles. The molecule has 0 N–H and O–H groups in total. The molecule has 2 aliphatic heterocycles. The zero-order chi connectivity index (χ0) is 14.5. The van der Waals surface area contributed by atoms with Crippen molar-refractivity contribution in [1.29, 1.82) is 0 Å². The van der Waals surface area contributed by atoms with Gasteiger partial charge in [0.25, 0.3) is 0 Å². The van der Waals surface area contributed by atoms with Crippen LogP contribution in [0.4, 0.5) is 4.79 Å². The lowest BCUT2D eigenvalue weighted by Crippen LogP contribution is -2.49. The van der Waals surface area contributed by atoms with Crippen molar-refractivity contribution in [2.24, 2.45) is 17.8 Å². The minimum atomic E-state index is 0.308. The van der Waals surface area contributed by atoms with E-state index in [1.165, 1.54) is 38.5 Å². The summed E-state index contributed by atoms with van der Waals surface area (Å²) in [6, 6.07) is 0.308. The number of carbonyl (C=O) groups is 1. The van der Waals surface area contributed by atoms with E-state index >= 15 is 0 Å². The van der Waals surface area contributed by atoms with Crippen LogP contribution in [0.5, 0.6) is 0 Å². The number of amides is 2. The Morgan fingerprint density at radius 1 is 1.00 bits per heavy atom. The molecule has 2 rings (SSSR count). The maximum atomic E-state index is 12.5. The third-order valence-corrected chi connectivity index (χ3v) is 5.72. The molecule has 2 saturated heterocycles. The Balaban J connectivity index is 1.77. The van der Waals surface area contributed by atoms with Crippen LogP contribution in [0.15, 0.2) is 0 Å². The van der Waals surface area contributed by atoms with E-state index in [1.807, 2.05) is 0 Å². The summed E-state index contributed by atoms with van der Waals surface area (Å²) in [6.07, 6.45) is 7.33. The molecule has 3 heteroatoms. The van der Waals surface area contributed by atoms with Crippen molar-refractivity contribution < 1.29 is 4.79 Å². The van der Waals surface area contributed by atoms with Crippen LogP contribution in [0, 0.1) is 17.8 Å². The number of urea groups is 1. The van der Waals surface area contributed by atoms with Crippen LogP contribution in [-0.4, -0.2) is 42.0 Å². The van der Waals surface area contributed by atoms with E-state index in [4.69, 9.17) is 0 Å². The molecule has 0 spiro atoms. The van der Waals surface area contributed by atoms with Crippen molar-refractivity contribution in [3.05, 3.63) is 0 Å². The van der Waals surface area contributed by atoms with Crippen LogP contribution < -0.4 is 0 Å². The van der Waals surface area contributed by atoms with Crippen LogP contribution in [0.25, 0.3) is 0 Å². The molecule has 0 aromatic carbocycles. The average Bonchev–Trinajstić information content (AvgIpc) is 2.53. The number of hydrogen-bond donors (Lipinski definition) is 0. The monoisotopic (exact) mass is 280 g/mol. The molecule has 0 aromatic rings. The van der Waals surface area contributed by atoms with Gasteiger partial charge in [0, 0.05) is 26.2 Å². The van der Waals surface area contributed by atoms with E-state index in [2.05, 4.69) is 30.6 Å². The van der Waals surface area contributed by atoms with E-state index < -0.39 is 0 Å². The van der Waals surface area contributed by atoms with E-state index in [1.54, 1.807) is 0 Å². The summed E-state index contributed by atoms with van der Waals surface area (Å²) < 4.78 is 0. The summed E-state index contributed by atoms with van der Waals surface area (Å²) in [5, 5.41) is 0. The third-order valence-electron chi connectivity index (χ3n) is 5.72. The Kier molecular flexibility index (Phi) is 5.74. The first-order chi connectivity index (χ1) is 9.65. The number of rotatable bonds is 3. The van der Waals surface area contributed by atoms with Gasteiger partial charge in [-0.3, -0.25) is 0 Å². The van der Waals surface area contributed by atoms with Gasteiger partial charge in [-0.15, -0.1) is 0 Å². The zero-order valence-corrected chi connectivity index (χ0v) is 13.6. The summed E-state index contributed by atoms with van der Waals surface area (Å²) in [6.45, 7) is 10.8. The lowest BCUT2D eigenvalue weighted by Gasteiger charge is -2.39.